The summed E-state index contributed by atoms with van der Waals surface area (Å²) >= 11 is 1.06. The van der Waals surface area contributed by atoms with Crippen LogP contribution in [0.1, 0.15) is 20.7 Å². The summed E-state index contributed by atoms with van der Waals surface area (Å²) in [4.78, 5) is 35.0. The number of rotatable bonds is 6. The maximum atomic E-state index is 12.4. The first-order valence-corrected chi connectivity index (χ1v) is 8.91. The maximum Gasteiger partial charge on any atom is 0.343 e. The summed E-state index contributed by atoms with van der Waals surface area (Å²) in [5.41, 5.74) is 0.0534. The SMILES string of the molecule is COC(=O)c1ccc(OC(=O)c2ccc(Sc3nncn3C)c([N+](=O)[O-])c2)cc1. The number of esters is 2. The molecule has 148 valence electrons. The fourth-order valence-electron chi connectivity index (χ4n) is 2.28. The normalized spacial score (nSPS) is 10.4. The van der Waals surface area contributed by atoms with Crippen molar-refractivity contribution in [2.45, 2.75) is 10.1 Å². The highest BCUT2D eigenvalue weighted by molar-refractivity contribution is 7.99. The fraction of sp³-hybridized carbons (Fsp3) is 0.111. The summed E-state index contributed by atoms with van der Waals surface area (Å²) in [5.74, 6) is -1.11. The number of nitrogens with zero attached hydrogens (tertiary/aromatic N) is 4. The van der Waals surface area contributed by atoms with Gasteiger partial charge in [-0.05, 0) is 48.2 Å². The molecule has 0 aliphatic heterocycles. The van der Waals surface area contributed by atoms with Crippen molar-refractivity contribution in [2.75, 3.05) is 7.11 Å². The molecule has 0 fully saturated rings. The molecule has 0 saturated carbocycles. The Morgan fingerprint density at radius 2 is 1.79 bits per heavy atom. The topological polar surface area (TPSA) is 126 Å². The number of aryl methyl sites for hydroxylation is 1. The smallest absolute Gasteiger partial charge is 0.343 e. The Balaban J connectivity index is 1.80. The van der Waals surface area contributed by atoms with Gasteiger partial charge in [0.15, 0.2) is 5.16 Å². The molecular weight excluding hydrogens is 400 g/mol. The fourth-order valence-corrected chi connectivity index (χ4v) is 3.13. The van der Waals surface area contributed by atoms with E-state index in [4.69, 9.17) is 4.74 Å². The number of hydrogen-bond acceptors (Lipinski definition) is 9. The van der Waals surface area contributed by atoms with Gasteiger partial charge in [0.25, 0.3) is 5.69 Å². The van der Waals surface area contributed by atoms with Gasteiger partial charge in [-0.1, -0.05) is 0 Å². The molecule has 0 amide bonds. The molecule has 0 aliphatic carbocycles. The number of carbonyl (C=O) groups excluding carboxylic acids is 2. The van der Waals surface area contributed by atoms with Gasteiger partial charge < -0.3 is 14.0 Å². The number of ether oxygens (including phenoxy) is 2. The largest absolute Gasteiger partial charge is 0.465 e. The summed E-state index contributed by atoms with van der Waals surface area (Å²) < 4.78 is 11.4. The van der Waals surface area contributed by atoms with Crippen molar-refractivity contribution in [3.8, 4) is 5.75 Å². The molecule has 1 heterocycles. The first-order chi connectivity index (χ1) is 13.9. The molecule has 0 N–H and O–H groups in total. The van der Waals surface area contributed by atoms with Crippen molar-refractivity contribution in [3.63, 3.8) is 0 Å². The van der Waals surface area contributed by atoms with Crippen LogP contribution in [0.4, 0.5) is 5.69 Å². The molecule has 0 aliphatic rings. The average Bonchev–Trinajstić information content (AvgIpc) is 3.12. The zero-order valence-electron chi connectivity index (χ0n) is 15.3. The van der Waals surface area contributed by atoms with Crippen molar-refractivity contribution in [1.82, 2.24) is 14.8 Å². The number of hydrogen-bond donors (Lipinski definition) is 0. The van der Waals surface area contributed by atoms with Crippen molar-refractivity contribution in [2.24, 2.45) is 7.05 Å². The third-order valence-corrected chi connectivity index (χ3v) is 4.87. The van der Waals surface area contributed by atoms with Crippen LogP contribution in [0, 0.1) is 10.1 Å². The first kappa shape index (κ1) is 20.0. The van der Waals surface area contributed by atoms with Gasteiger partial charge in [-0.15, -0.1) is 10.2 Å². The van der Waals surface area contributed by atoms with Gasteiger partial charge in [-0.25, -0.2) is 9.59 Å². The number of methoxy groups -OCH3 is 1. The molecule has 0 unspecified atom stereocenters. The van der Waals surface area contributed by atoms with Gasteiger partial charge in [0, 0.05) is 13.1 Å². The van der Waals surface area contributed by atoms with E-state index >= 15 is 0 Å². The Kier molecular flexibility index (Phi) is 5.88. The minimum absolute atomic E-state index is 0.0102. The predicted octanol–water partition coefficient (Wildman–Crippen LogP) is 2.88. The second-order valence-corrected chi connectivity index (χ2v) is 6.68. The molecule has 0 bridgehead atoms. The van der Waals surface area contributed by atoms with E-state index in [0.717, 1.165) is 17.8 Å². The van der Waals surface area contributed by atoms with Crippen LogP contribution in [0.25, 0.3) is 0 Å². The third-order valence-electron chi connectivity index (χ3n) is 3.75. The summed E-state index contributed by atoms with van der Waals surface area (Å²) in [7, 11) is 2.97. The van der Waals surface area contributed by atoms with E-state index < -0.39 is 16.9 Å². The Morgan fingerprint density at radius 3 is 2.38 bits per heavy atom. The number of benzene rings is 2. The third kappa shape index (κ3) is 4.58. The lowest BCUT2D eigenvalue weighted by atomic mass is 10.2. The van der Waals surface area contributed by atoms with Crippen LogP contribution in [0.2, 0.25) is 0 Å². The van der Waals surface area contributed by atoms with Crippen molar-refractivity contribution >= 4 is 29.4 Å². The first-order valence-electron chi connectivity index (χ1n) is 8.10. The van der Waals surface area contributed by atoms with Gasteiger partial charge in [0.05, 0.1) is 28.1 Å². The van der Waals surface area contributed by atoms with Crippen LogP contribution in [-0.4, -0.2) is 38.7 Å². The molecule has 1 aromatic heterocycles. The Morgan fingerprint density at radius 1 is 1.10 bits per heavy atom. The van der Waals surface area contributed by atoms with Gasteiger partial charge in [0.1, 0.15) is 12.1 Å². The predicted molar refractivity (Wildman–Crippen MR) is 101 cm³/mol. The molecule has 29 heavy (non-hydrogen) atoms. The molecule has 10 nitrogen and oxygen atoms in total. The van der Waals surface area contributed by atoms with E-state index in [0.29, 0.717) is 15.6 Å². The monoisotopic (exact) mass is 414 g/mol. The molecule has 11 heteroatoms. The van der Waals surface area contributed by atoms with Gasteiger partial charge in [-0.2, -0.15) is 0 Å². The van der Waals surface area contributed by atoms with E-state index in [9.17, 15) is 19.7 Å². The second-order valence-electron chi connectivity index (χ2n) is 5.67. The Labute approximate surface area is 168 Å². The maximum absolute atomic E-state index is 12.4. The van der Waals surface area contributed by atoms with Crippen molar-refractivity contribution in [3.05, 3.63) is 70.0 Å². The van der Waals surface area contributed by atoms with Gasteiger partial charge in [-0.3, -0.25) is 10.1 Å². The van der Waals surface area contributed by atoms with E-state index in [2.05, 4.69) is 14.9 Å². The Hall–Kier alpha value is -3.73. The molecule has 3 rings (SSSR count). The lowest BCUT2D eigenvalue weighted by Gasteiger charge is -2.07. The van der Waals surface area contributed by atoms with Gasteiger partial charge >= 0.3 is 11.9 Å². The second kappa shape index (κ2) is 8.52. The van der Waals surface area contributed by atoms with Crippen LogP contribution in [0.3, 0.4) is 0 Å². The van der Waals surface area contributed by atoms with E-state index in [-0.39, 0.29) is 17.0 Å². The Bertz CT molecular complexity index is 1080. The number of nitro benzene ring substituents is 1. The molecule has 0 spiro atoms. The zero-order valence-corrected chi connectivity index (χ0v) is 16.1. The van der Waals surface area contributed by atoms with E-state index in [1.54, 1.807) is 11.6 Å². The molecule has 0 atom stereocenters. The summed E-state index contributed by atoms with van der Waals surface area (Å²) in [6, 6.07) is 9.76. The summed E-state index contributed by atoms with van der Waals surface area (Å²) in [5, 5.41) is 19.5. The molecule has 0 saturated heterocycles. The van der Waals surface area contributed by atoms with E-state index in [1.165, 1.54) is 49.8 Å². The average molecular weight is 414 g/mol. The molecule has 2 aromatic carbocycles. The number of aromatic nitrogens is 3. The quantitative estimate of drug-likeness (QED) is 0.259. The lowest BCUT2D eigenvalue weighted by molar-refractivity contribution is -0.387. The van der Waals surface area contributed by atoms with Crippen LogP contribution in [0.15, 0.2) is 58.8 Å². The van der Waals surface area contributed by atoms with Crippen molar-refractivity contribution < 1.29 is 24.0 Å². The highest BCUT2D eigenvalue weighted by Crippen LogP contribution is 2.34. The highest BCUT2D eigenvalue weighted by atomic mass is 32.2. The minimum Gasteiger partial charge on any atom is -0.465 e. The molecular formula is C18H14N4O6S. The van der Waals surface area contributed by atoms with Crippen LogP contribution in [-0.2, 0) is 11.8 Å². The lowest BCUT2D eigenvalue weighted by Crippen LogP contribution is -2.09. The van der Waals surface area contributed by atoms with E-state index in [1.807, 2.05) is 0 Å². The number of nitro groups is 1. The van der Waals surface area contributed by atoms with Gasteiger partial charge in [0.2, 0.25) is 0 Å². The zero-order chi connectivity index (χ0) is 21.0. The van der Waals surface area contributed by atoms with Crippen LogP contribution >= 0.6 is 11.8 Å². The van der Waals surface area contributed by atoms with Crippen LogP contribution in [0.5, 0.6) is 5.75 Å². The minimum atomic E-state index is -0.769. The highest BCUT2D eigenvalue weighted by Gasteiger charge is 2.21. The van der Waals surface area contributed by atoms with Crippen LogP contribution < -0.4 is 4.74 Å². The summed E-state index contributed by atoms with van der Waals surface area (Å²) in [6.07, 6.45) is 1.48. The van der Waals surface area contributed by atoms with Crippen molar-refractivity contribution in [1.29, 1.82) is 0 Å². The molecule has 0 radical (unpaired) electrons. The standard InChI is InChI=1S/C18H14N4O6S/c1-21-10-19-20-18(21)29-15-8-5-12(9-14(15)22(25)26)17(24)28-13-6-3-11(4-7-13)16(23)27-2/h3-10H,1-2H3. The molecule has 3 aromatic rings. The summed E-state index contributed by atoms with van der Waals surface area (Å²) in [6.45, 7) is 0. The number of carbonyl (C=O) groups is 2.